The lowest BCUT2D eigenvalue weighted by molar-refractivity contribution is 0.371. The molecule has 1 aliphatic heterocycles. The molecule has 0 saturated carbocycles. The molecular formula is C9H17NS. The van der Waals surface area contributed by atoms with Crippen molar-refractivity contribution in [3.8, 4) is 0 Å². The fourth-order valence-corrected chi connectivity index (χ4v) is 2.34. The first kappa shape index (κ1) is 9.11. The molecule has 11 heavy (non-hydrogen) atoms. The Bertz CT molecular complexity index is 161. The number of aliphatic imine (C=N–C) groups is 1. The number of rotatable bonds is 1. The van der Waals surface area contributed by atoms with Gasteiger partial charge >= 0.3 is 0 Å². The Kier molecular flexibility index (Phi) is 2.99. The van der Waals surface area contributed by atoms with E-state index in [1.807, 2.05) is 11.8 Å². The summed E-state index contributed by atoms with van der Waals surface area (Å²) in [4.78, 5) is 4.57. The summed E-state index contributed by atoms with van der Waals surface area (Å²) in [5, 5.41) is 1.34. The Morgan fingerprint density at radius 3 is 2.91 bits per heavy atom. The standard InChI is InChI=1S/C9H17NS/c1-4-8-10-7-9(2,3)5-6-11-8/h4-7H2,1-3H3. The zero-order valence-electron chi connectivity index (χ0n) is 7.68. The number of nitrogens with zero attached hydrogens (tertiary/aromatic N) is 1. The predicted molar refractivity (Wildman–Crippen MR) is 53.4 cm³/mol. The molecule has 2 heteroatoms. The highest BCUT2D eigenvalue weighted by molar-refractivity contribution is 8.13. The Labute approximate surface area is 73.7 Å². The highest BCUT2D eigenvalue weighted by Gasteiger charge is 2.20. The summed E-state index contributed by atoms with van der Waals surface area (Å²) in [5.74, 6) is 1.25. The maximum atomic E-state index is 4.57. The quantitative estimate of drug-likeness (QED) is 0.591. The molecule has 0 unspecified atom stereocenters. The third-order valence-corrected chi connectivity index (χ3v) is 3.19. The third-order valence-electron chi connectivity index (χ3n) is 2.03. The lowest BCUT2D eigenvalue weighted by Crippen LogP contribution is -2.14. The van der Waals surface area contributed by atoms with Crippen molar-refractivity contribution in [2.75, 3.05) is 12.3 Å². The van der Waals surface area contributed by atoms with Crippen molar-refractivity contribution >= 4 is 16.8 Å². The molecule has 1 nitrogen and oxygen atoms in total. The molecule has 0 saturated heterocycles. The van der Waals surface area contributed by atoms with Gasteiger partial charge in [-0.2, -0.15) is 0 Å². The number of hydrogen-bond acceptors (Lipinski definition) is 2. The van der Waals surface area contributed by atoms with Crippen molar-refractivity contribution in [2.45, 2.75) is 33.6 Å². The van der Waals surface area contributed by atoms with Crippen LogP contribution in [0.15, 0.2) is 4.99 Å². The van der Waals surface area contributed by atoms with Gasteiger partial charge in [-0.15, -0.1) is 11.8 Å². The summed E-state index contributed by atoms with van der Waals surface area (Å²) in [6, 6.07) is 0. The van der Waals surface area contributed by atoms with E-state index in [2.05, 4.69) is 25.8 Å². The van der Waals surface area contributed by atoms with Gasteiger partial charge in [0.15, 0.2) is 0 Å². The molecule has 0 aromatic heterocycles. The van der Waals surface area contributed by atoms with E-state index in [0.717, 1.165) is 13.0 Å². The Balaban J connectivity index is 2.56. The molecule has 0 bridgehead atoms. The second-order valence-corrected chi connectivity index (χ2v) is 4.99. The molecule has 1 aliphatic rings. The van der Waals surface area contributed by atoms with E-state index < -0.39 is 0 Å². The van der Waals surface area contributed by atoms with Crippen molar-refractivity contribution in [1.82, 2.24) is 0 Å². The third kappa shape index (κ3) is 2.86. The van der Waals surface area contributed by atoms with Crippen LogP contribution < -0.4 is 0 Å². The molecule has 0 fully saturated rings. The first-order valence-corrected chi connectivity index (χ1v) is 5.29. The first-order chi connectivity index (χ1) is 5.14. The van der Waals surface area contributed by atoms with E-state index in [0.29, 0.717) is 5.41 Å². The Morgan fingerprint density at radius 1 is 1.55 bits per heavy atom. The van der Waals surface area contributed by atoms with Crippen LogP contribution in [0.4, 0.5) is 0 Å². The van der Waals surface area contributed by atoms with Crippen molar-refractivity contribution in [3.63, 3.8) is 0 Å². The van der Waals surface area contributed by atoms with Crippen LogP contribution in [-0.2, 0) is 0 Å². The van der Waals surface area contributed by atoms with E-state index >= 15 is 0 Å². The van der Waals surface area contributed by atoms with Gasteiger partial charge in [0, 0.05) is 6.54 Å². The van der Waals surface area contributed by atoms with Crippen molar-refractivity contribution in [1.29, 1.82) is 0 Å². The molecule has 1 heterocycles. The monoisotopic (exact) mass is 171 g/mol. The molecule has 0 atom stereocenters. The van der Waals surface area contributed by atoms with Crippen LogP contribution in [0, 0.1) is 5.41 Å². The molecule has 0 spiro atoms. The van der Waals surface area contributed by atoms with Gasteiger partial charge in [0.2, 0.25) is 0 Å². The van der Waals surface area contributed by atoms with Crippen LogP contribution in [0.1, 0.15) is 33.6 Å². The van der Waals surface area contributed by atoms with Crippen LogP contribution in [0.3, 0.4) is 0 Å². The molecular weight excluding hydrogens is 154 g/mol. The van der Waals surface area contributed by atoms with Crippen molar-refractivity contribution in [2.24, 2.45) is 10.4 Å². The average molecular weight is 171 g/mol. The molecule has 0 N–H and O–H groups in total. The summed E-state index contributed by atoms with van der Waals surface area (Å²) < 4.78 is 0. The molecule has 64 valence electrons. The topological polar surface area (TPSA) is 12.4 Å². The molecule has 0 aromatic carbocycles. The lowest BCUT2D eigenvalue weighted by atomic mass is 9.91. The summed E-state index contributed by atoms with van der Waals surface area (Å²) >= 11 is 1.94. The Hall–Kier alpha value is 0.0200. The molecule has 0 aliphatic carbocycles. The SMILES string of the molecule is CCC1=NCC(C)(C)CCS1. The van der Waals surface area contributed by atoms with Crippen LogP contribution in [-0.4, -0.2) is 17.3 Å². The van der Waals surface area contributed by atoms with Crippen LogP contribution in [0.2, 0.25) is 0 Å². The minimum atomic E-state index is 0.434. The zero-order chi connectivity index (χ0) is 8.32. The van der Waals surface area contributed by atoms with E-state index in [-0.39, 0.29) is 0 Å². The van der Waals surface area contributed by atoms with Gasteiger partial charge in [-0.3, -0.25) is 4.99 Å². The van der Waals surface area contributed by atoms with E-state index in [1.54, 1.807) is 0 Å². The highest BCUT2D eigenvalue weighted by atomic mass is 32.2. The minimum Gasteiger partial charge on any atom is -0.282 e. The first-order valence-electron chi connectivity index (χ1n) is 4.30. The van der Waals surface area contributed by atoms with Crippen LogP contribution in [0.5, 0.6) is 0 Å². The molecule has 1 rings (SSSR count). The van der Waals surface area contributed by atoms with Gasteiger partial charge < -0.3 is 0 Å². The van der Waals surface area contributed by atoms with Gasteiger partial charge in [0.05, 0.1) is 5.04 Å². The van der Waals surface area contributed by atoms with Gasteiger partial charge in [-0.25, -0.2) is 0 Å². The second-order valence-electron chi connectivity index (χ2n) is 3.83. The maximum Gasteiger partial charge on any atom is 0.0673 e. The smallest absolute Gasteiger partial charge is 0.0673 e. The average Bonchev–Trinajstić information content (AvgIpc) is 2.10. The summed E-state index contributed by atoms with van der Waals surface area (Å²) in [5.41, 5.74) is 0.434. The fourth-order valence-electron chi connectivity index (χ4n) is 1.09. The van der Waals surface area contributed by atoms with Crippen LogP contribution in [0.25, 0.3) is 0 Å². The van der Waals surface area contributed by atoms with Crippen molar-refractivity contribution < 1.29 is 0 Å². The second kappa shape index (κ2) is 3.61. The largest absolute Gasteiger partial charge is 0.282 e. The molecule has 0 radical (unpaired) electrons. The maximum absolute atomic E-state index is 4.57. The van der Waals surface area contributed by atoms with Crippen molar-refractivity contribution in [3.05, 3.63) is 0 Å². The fraction of sp³-hybridized carbons (Fsp3) is 0.889. The van der Waals surface area contributed by atoms with Gasteiger partial charge in [0.25, 0.3) is 0 Å². The number of thioether (sulfide) groups is 1. The van der Waals surface area contributed by atoms with Gasteiger partial charge in [-0.1, -0.05) is 20.8 Å². The van der Waals surface area contributed by atoms with Gasteiger partial charge in [0.1, 0.15) is 0 Å². The van der Waals surface area contributed by atoms with Gasteiger partial charge in [-0.05, 0) is 24.0 Å². The normalized spacial score (nSPS) is 24.1. The summed E-state index contributed by atoms with van der Waals surface area (Å²) in [6.45, 7) is 7.80. The highest BCUT2D eigenvalue weighted by Crippen LogP contribution is 2.27. The summed E-state index contributed by atoms with van der Waals surface area (Å²) in [7, 11) is 0. The summed E-state index contributed by atoms with van der Waals surface area (Å²) in [6.07, 6.45) is 2.41. The van der Waals surface area contributed by atoms with E-state index in [9.17, 15) is 0 Å². The minimum absolute atomic E-state index is 0.434. The Morgan fingerprint density at radius 2 is 2.27 bits per heavy atom. The van der Waals surface area contributed by atoms with E-state index in [1.165, 1.54) is 17.2 Å². The zero-order valence-corrected chi connectivity index (χ0v) is 8.50. The predicted octanol–water partition coefficient (Wildman–Crippen LogP) is 2.96. The molecule has 0 aromatic rings. The van der Waals surface area contributed by atoms with Crippen LogP contribution >= 0.6 is 11.8 Å². The number of hydrogen-bond donors (Lipinski definition) is 0. The lowest BCUT2D eigenvalue weighted by Gasteiger charge is -2.18. The van der Waals surface area contributed by atoms with E-state index in [4.69, 9.17) is 0 Å². The molecule has 0 amide bonds.